The van der Waals surface area contributed by atoms with Crippen molar-refractivity contribution in [1.82, 2.24) is 10.2 Å². The number of nitrogens with zero attached hydrogens (tertiary/aromatic N) is 1. The van der Waals surface area contributed by atoms with Crippen molar-refractivity contribution in [2.75, 3.05) is 14.2 Å². The first-order valence-corrected chi connectivity index (χ1v) is 14.2. The van der Waals surface area contributed by atoms with Crippen molar-refractivity contribution in [3.05, 3.63) is 87.5 Å². The molecule has 3 aromatic carbocycles. The van der Waals surface area contributed by atoms with E-state index in [-0.39, 0.29) is 17.0 Å². The van der Waals surface area contributed by atoms with Crippen LogP contribution in [-0.4, -0.2) is 37.0 Å². The van der Waals surface area contributed by atoms with Crippen molar-refractivity contribution < 1.29 is 13.9 Å². The molecule has 5 rings (SSSR count). The normalized spacial score (nSPS) is 17.1. The largest absolute Gasteiger partial charge is 0.496 e. The summed E-state index contributed by atoms with van der Waals surface area (Å²) in [7, 11) is 3.61. The number of terminal acetylenes is 1. The van der Waals surface area contributed by atoms with Gasteiger partial charge in [-0.25, -0.2) is 4.39 Å². The molecule has 0 saturated heterocycles. The standard InChI is InChI=1S/C32H30ClFN2O2S/c1-4-20-7-5-8-21(17-20)22-11-16-27(38-3)23(18-22)19-36(25-14-12-24(35-2)13-15-25)32(37)31-30(33)29-26(34)9-6-10-28(29)39-31/h1,5-11,16-18,24-25,35H,12-15,19H2,2-3H3. The van der Waals surface area contributed by atoms with Gasteiger partial charge in [0.1, 0.15) is 16.4 Å². The smallest absolute Gasteiger partial charge is 0.266 e. The third-order valence-electron chi connectivity index (χ3n) is 7.59. The third-order valence-corrected chi connectivity index (χ3v) is 9.22. The fraction of sp³-hybridized carbons (Fsp3) is 0.281. The van der Waals surface area contributed by atoms with Crippen LogP contribution < -0.4 is 10.1 Å². The number of hydrogen-bond acceptors (Lipinski definition) is 4. The molecule has 0 spiro atoms. The van der Waals surface area contributed by atoms with Gasteiger partial charge in [0.05, 0.1) is 12.1 Å². The van der Waals surface area contributed by atoms with Gasteiger partial charge in [0.15, 0.2) is 0 Å². The number of methoxy groups -OCH3 is 1. The van der Waals surface area contributed by atoms with E-state index in [9.17, 15) is 9.18 Å². The van der Waals surface area contributed by atoms with Crippen LogP contribution in [0, 0.1) is 18.2 Å². The Balaban J connectivity index is 1.55. The van der Waals surface area contributed by atoms with Crippen LogP contribution in [0.25, 0.3) is 21.2 Å². The van der Waals surface area contributed by atoms with Gasteiger partial charge in [-0.2, -0.15) is 0 Å². The van der Waals surface area contributed by atoms with Gasteiger partial charge in [-0.1, -0.05) is 41.8 Å². The Hall–Kier alpha value is -3.37. The zero-order chi connectivity index (χ0) is 27.5. The highest BCUT2D eigenvalue weighted by atomic mass is 35.5. The monoisotopic (exact) mass is 560 g/mol. The second-order valence-corrected chi connectivity index (χ2v) is 11.3. The summed E-state index contributed by atoms with van der Waals surface area (Å²) in [5, 5.41) is 3.85. The van der Waals surface area contributed by atoms with E-state index in [1.807, 2.05) is 48.3 Å². The zero-order valence-electron chi connectivity index (χ0n) is 22.0. The van der Waals surface area contributed by atoms with Crippen LogP contribution in [0.2, 0.25) is 5.02 Å². The quantitative estimate of drug-likeness (QED) is 0.238. The van der Waals surface area contributed by atoms with Crippen LogP contribution in [-0.2, 0) is 6.54 Å². The van der Waals surface area contributed by atoms with E-state index in [2.05, 4.69) is 17.3 Å². The second kappa shape index (κ2) is 11.8. The lowest BCUT2D eigenvalue weighted by Crippen LogP contribution is -2.44. The number of hydrogen-bond donors (Lipinski definition) is 1. The number of nitrogens with one attached hydrogen (secondary N) is 1. The molecule has 1 N–H and O–H groups in total. The molecule has 0 atom stereocenters. The minimum absolute atomic E-state index is 0.0198. The highest BCUT2D eigenvalue weighted by Crippen LogP contribution is 2.39. The maximum absolute atomic E-state index is 14.6. The molecule has 1 aromatic heterocycles. The van der Waals surface area contributed by atoms with Crippen molar-refractivity contribution in [2.24, 2.45) is 0 Å². The average molecular weight is 561 g/mol. The van der Waals surface area contributed by atoms with Crippen molar-refractivity contribution in [1.29, 1.82) is 0 Å². The molecule has 1 heterocycles. The summed E-state index contributed by atoms with van der Waals surface area (Å²) in [5.41, 5.74) is 3.66. The average Bonchev–Trinajstić information content (AvgIpc) is 3.32. The Morgan fingerprint density at radius 2 is 1.87 bits per heavy atom. The maximum atomic E-state index is 14.6. The van der Waals surface area contributed by atoms with E-state index in [1.165, 1.54) is 17.4 Å². The first-order chi connectivity index (χ1) is 18.9. The number of thiophene rings is 1. The first kappa shape index (κ1) is 27.2. The molecule has 7 heteroatoms. The molecule has 200 valence electrons. The van der Waals surface area contributed by atoms with Crippen molar-refractivity contribution in [3.8, 4) is 29.2 Å². The van der Waals surface area contributed by atoms with Gasteiger partial charge >= 0.3 is 0 Å². The van der Waals surface area contributed by atoms with Crippen LogP contribution in [0.1, 0.15) is 46.5 Å². The van der Waals surface area contributed by atoms with Gasteiger partial charge in [0.25, 0.3) is 5.91 Å². The number of halogens is 2. The predicted octanol–water partition coefficient (Wildman–Crippen LogP) is 7.52. The number of fused-ring (bicyclic) bond motifs is 1. The molecule has 0 unspecified atom stereocenters. The van der Waals surface area contributed by atoms with Crippen LogP contribution in [0.4, 0.5) is 4.39 Å². The van der Waals surface area contributed by atoms with Crippen molar-refractivity contribution in [2.45, 2.75) is 44.3 Å². The van der Waals surface area contributed by atoms with Gasteiger partial charge in [0.2, 0.25) is 0 Å². The van der Waals surface area contributed by atoms with Crippen LogP contribution >= 0.6 is 22.9 Å². The molecule has 4 nitrogen and oxygen atoms in total. The molecule has 0 radical (unpaired) electrons. The second-order valence-electron chi connectivity index (χ2n) is 9.84. The number of carbonyl (C=O) groups excluding carboxylic acids is 1. The first-order valence-electron chi connectivity index (χ1n) is 13.0. The topological polar surface area (TPSA) is 41.6 Å². The van der Waals surface area contributed by atoms with Gasteiger partial charge in [-0.15, -0.1) is 17.8 Å². The Morgan fingerprint density at radius 1 is 1.13 bits per heavy atom. The lowest BCUT2D eigenvalue weighted by Gasteiger charge is -2.37. The van der Waals surface area contributed by atoms with Crippen molar-refractivity contribution in [3.63, 3.8) is 0 Å². The van der Waals surface area contributed by atoms with Crippen molar-refractivity contribution >= 4 is 38.9 Å². The predicted molar refractivity (Wildman–Crippen MR) is 158 cm³/mol. The van der Waals surface area contributed by atoms with Gasteiger partial charge < -0.3 is 15.0 Å². The summed E-state index contributed by atoms with van der Waals surface area (Å²) < 4.78 is 21.0. The molecule has 39 heavy (non-hydrogen) atoms. The Bertz CT molecular complexity index is 1550. The molecular weight excluding hydrogens is 531 g/mol. The van der Waals surface area contributed by atoms with E-state index >= 15 is 0 Å². The maximum Gasteiger partial charge on any atom is 0.266 e. The lowest BCUT2D eigenvalue weighted by atomic mass is 9.89. The molecule has 1 fully saturated rings. The lowest BCUT2D eigenvalue weighted by molar-refractivity contribution is 0.0604. The molecule has 0 bridgehead atoms. The molecule has 1 aliphatic rings. The Kier molecular flexibility index (Phi) is 8.23. The molecule has 0 aliphatic heterocycles. The van der Waals surface area contributed by atoms with E-state index in [4.69, 9.17) is 22.8 Å². The fourth-order valence-corrected chi connectivity index (χ4v) is 6.94. The summed E-state index contributed by atoms with van der Waals surface area (Å²) in [4.78, 5) is 16.5. The van der Waals surface area contributed by atoms with E-state index in [0.29, 0.717) is 33.3 Å². The van der Waals surface area contributed by atoms with Gasteiger partial charge in [-0.05, 0) is 80.3 Å². The third kappa shape index (κ3) is 5.53. The number of benzene rings is 3. The minimum atomic E-state index is -0.419. The zero-order valence-corrected chi connectivity index (χ0v) is 23.5. The van der Waals surface area contributed by atoms with Crippen LogP contribution in [0.3, 0.4) is 0 Å². The molecule has 1 amide bonds. The highest BCUT2D eigenvalue weighted by Gasteiger charge is 2.32. The van der Waals surface area contributed by atoms with Gasteiger partial charge in [0, 0.05) is 39.8 Å². The summed E-state index contributed by atoms with van der Waals surface area (Å²) in [6.07, 6.45) is 9.29. The molecule has 1 saturated carbocycles. The summed E-state index contributed by atoms with van der Waals surface area (Å²) in [6.45, 7) is 0.340. The van der Waals surface area contributed by atoms with E-state index in [0.717, 1.165) is 47.9 Å². The molecule has 4 aromatic rings. The molecular formula is C32H30ClFN2O2S. The molecule has 1 aliphatic carbocycles. The SMILES string of the molecule is C#Cc1cccc(-c2ccc(OC)c(CN(C(=O)c3sc4cccc(F)c4c3Cl)C3CCC(NC)CC3)c2)c1. The number of amides is 1. The summed E-state index contributed by atoms with van der Waals surface area (Å²) in [6, 6.07) is 19.1. The van der Waals surface area contributed by atoms with E-state index in [1.54, 1.807) is 19.2 Å². The van der Waals surface area contributed by atoms with Crippen LogP contribution in [0.5, 0.6) is 5.75 Å². The van der Waals surface area contributed by atoms with Gasteiger partial charge in [-0.3, -0.25) is 4.79 Å². The summed E-state index contributed by atoms with van der Waals surface area (Å²) in [5.74, 6) is 2.78. The fourth-order valence-electron chi connectivity index (χ4n) is 5.44. The minimum Gasteiger partial charge on any atom is -0.496 e. The Morgan fingerprint density at radius 3 is 2.56 bits per heavy atom. The number of ether oxygens (including phenoxy) is 1. The van der Waals surface area contributed by atoms with E-state index < -0.39 is 5.82 Å². The number of rotatable bonds is 7. The number of carbonyl (C=O) groups is 1. The van der Waals surface area contributed by atoms with Crippen LogP contribution in [0.15, 0.2) is 60.7 Å². The Labute approximate surface area is 237 Å². The summed E-state index contributed by atoms with van der Waals surface area (Å²) >= 11 is 7.90. The highest BCUT2D eigenvalue weighted by molar-refractivity contribution is 7.21.